The third-order valence-electron chi connectivity index (χ3n) is 3.62. The van der Waals surface area contributed by atoms with Crippen molar-refractivity contribution in [3.05, 3.63) is 12.4 Å². The van der Waals surface area contributed by atoms with Gasteiger partial charge in [0.15, 0.2) is 0 Å². The molecule has 1 aliphatic rings. The Bertz CT molecular complexity index is 410. The van der Waals surface area contributed by atoms with Crippen molar-refractivity contribution >= 4 is 11.6 Å². The van der Waals surface area contributed by atoms with Crippen LogP contribution >= 0.6 is 0 Å². The quantitative estimate of drug-likeness (QED) is 0.694. The zero-order valence-electron chi connectivity index (χ0n) is 10.4. The fourth-order valence-corrected chi connectivity index (χ4v) is 2.47. The lowest BCUT2D eigenvalue weighted by Gasteiger charge is -2.26. The van der Waals surface area contributed by atoms with Crippen LogP contribution < -0.4 is 11.1 Å². The van der Waals surface area contributed by atoms with E-state index in [1.807, 2.05) is 0 Å². The summed E-state index contributed by atoms with van der Waals surface area (Å²) < 4.78 is 1.50. The Balaban J connectivity index is 1.81. The van der Waals surface area contributed by atoms with Gasteiger partial charge in [0.25, 0.3) is 0 Å². The average molecular weight is 252 g/mol. The second-order valence-electron chi connectivity index (χ2n) is 5.11. The smallest absolute Gasteiger partial charge is 0.241 e. The van der Waals surface area contributed by atoms with Crippen LogP contribution in [0.1, 0.15) is 25.7 Å². The molecule has 1 aromatic heterocycles. The number of aliphatic hydroxyl groups excluding tert-OH is 1. The predicted octanol–water partition coefficient (Wildman–Crippen LogP) is 0.134. The van der Waals surface area contributed by atoms with Gasteiger partial charge in [0, 0.05) is 18.2 Å². The molecule has 1 aromatic rings. The summed E-state index contributed by atoms with van der Waals surface area (Å²) in [6.45, 7) is 0.847. The van der Waals surface area contributed by atoms with Gasteiger partial charge in [-0.2, -0.15) is 5.10 Å². The number of nitrogen functional groups attached to an aromatic ring is 1. The van der Waals surface area contributed by atoms with Crippen LogP contribution in [0.15, 0.2) is 12.4 Å². The molecule has 0 aromatic carbocycles. The van der Waals surface area contributed by atoms with E-state index in [0.717, 1.165) is 25.7 Å². The summed E-state index contributed by atoms with van der Waals surface area (Å²) in [6, 6.07) is 0. The van der Waals surface area contributed by atoms with Crippen molar-refractivity contribution in [1.29, 1.82) is 0 Å². The standard InChI is InChI=1S/C12H20N4O2/c13-10-5-15-16(6-10)7-11(18)14-8-12(9-17)3-1-2-4-12/h5-6,17H,1-4,7-9,13H2,(H,14,18). The number of nitrogens with zero attached hydrogens (tertiary/aromatic N) is 2. The molecule has 0 unspecified atom stereocenters. The van der Waals surface area contributed by atoms with Gasteiger partial charge in [0.2, 0.25) is 5.91 Å². The summed E-state index contributed by atoms with van der Waals surface area (Å²) in [7, 11) is 0. The Kier molecular flexibility index (Phi) is 3.86. The molecule has 0 radical (unpaired) electrons. The van der Waals surface area contributed by atoms with E-state index in [0.29, 0.717) is 12.2 Å². The Morgan fingerprint density at radius 1 is 1.56 bits per heavy atom. The lowest BCUT2D eigenvalue weighted by molar-refractivity contribution is -0.122. The van der Waals surface area contributed by atoms with Gasteiger partial charge < -0.3 is 16.2 Å². The van der Waals surface area contributed by atoms with Crippen LogP contribution in [0.25, 0.3) is 0 Å². The topological polar surface area (TPSA) is 93.2 Å². The SMILES string of the molecule is Nc1cnn(CC(=O)NCC2(CO)CCCC2)c1. The van der Waals surface area contributed by atoms with Crippen molar-refractivity contribution in [2.24, 2.45) is 5.41 Å². The van der Waals surface area contributed by atoms with Gasteiger partial charge in [-0.3, -0.25) is 9.48 Å². The molecule has 0 aliphatic heterocycles. The minimum atomic E-state index is -0.112. The van der Waals surface area contributed by atoms with E-state index in [9.17, 15) is 9.90 Å². The number of hydrogen-bond acceptors (Lipinski definition) is 4. The molecule has 0 bridgehead atoms. The molecular formula is C12H20N4O2. The maximum Gasteiger partial charge on any atom is 0.241 e. The molecule has 2 rings (SSSR count). The Hall–Kier alpha value is -1.56. The predicted molar refractivity (Wildman–Crippen MR) is 67.6 cm³/mol. The van der Waals surface area contributed by atoms with E-state index in [4.69, 9.17) is 5.73 Å². The van der Waals surface area contributed by atoms with Crippen LogP contribution in [0.3, 0.4) is 0 Å². The molecule has 0 atom stereocenters. The number of aliphatic hydroxyl groups is 1. The largest absolute Gasteiger partial charge is 0.396 e. The molecular weight excluding hydrogens is 232 g/mol. The lowest BCUT2D eigenvalue weighted by Crippen LogP contribution is -2.39. The highest BCUT2D eigenvalue weighted by Gasteiger charge is 2.33. The summed E-state index contributed by atoms with van der Waals surface area (Å²) in [5, 5.41) is 16.3. The lowest BCUT2D eigenvalue weighted by atomic mass is 9.87. The fourth-order valence-electron chi connectivity index (χ4n) is 2.47. The van der Waals surface area contributed by atoms with Gasteiger partial charge in [0.1, 0.15) is 6.54 Å². The van der Waals surface area contributed by atoms with Gasteiger partial charge in [-0.15, -0.1) is 0 Å². The number of amides is 1. The monoisotopic (exact) mass is 252 g/mol. The second-order valence-corrected chi connectivity index (χ2v) is 5.11. The van der Waals surface area contributed by atoms with Crippen LogP contribution in [0.2, 0.25) is 0 Å². The summed E-state index contributed by atoms with van der Waals surface area (Å²) in [4.78, 5) is 11.7. The third-order valence-corrected chi connectivity index (χ3v) is 3.62. The van der Waals surface area contributed by atoms with E-state index in [1.54, 1.807) is 6.20 Å². The molecule has 1 fully saturated rings. The van der Waals surface area contributed by atoms with Gasteiger partial charge >= 0.3 is 0 Å². The molecule has 4 N–H and O–H groups in total. The first-order valence-corrected chi connectivity index (χ1v) is 6.29. The molecule has 6 nitrogen and oxygen atoms in total. The summed E-state index contributed by atoms with van der Waals surface area (Å²) >= 11 is 0. The first-order valence-electron chi connectivity index (χ1n) is 6.29. The van der Waals surface area contributed by atoms with E-state index >= 15 is 0 Å². The molecule has 1 heterocycles. The van der Waals surface area contributed by atoms with E-state index in [1.165, 1.54) is 10.9 Å². The number of nitrogens with two attached hydrogens (primary N) is 1. The van der Waals surface area contributed by atoms with Crippen molar-refractivity contribution in [1.82, 2.24) is 15.1 Å². The normalized spacial score (nSPS) is 17.8. The zero-order chi connectivity index (χ0) is 13.0. The van der Waals surface area contributed by atoms with Crippen molar-refractivity contribution in [3.8, 4) is 0 Å². The molecule has 100 valence electrons. The number of nitrogens with one attached hydrogen (secondary N) is 1. The molecule has 18 heavy (non-hydrogen) atoms. The maximum absolute atomic E-state index is 11.7. The summed E-state index contributed by atoms with van der Waals surface area (Å²) in [5.74, 6) is -0.0992. The Morgan fingerprint density at radius 3 is 2.83 bits per heavy atom. The molecule has 1 saturated carbocycles. The Labute approximate surface area is 106 Å². The highest BCUT2D eigenvalue weighted by molar-refractivity contribution is 5.75. The van der Waals surface area contributed by atoms with Crippen LogP contribution in [0.4, 0.5) is 5.69 Å². The zero-order valence-corrected chi connectivity index (χ0v) is 10.4. The van der Waals surface area contributed by atoms with Crippen LogP contribution in [-0.2, 0) is 11.3 Å². The molecule has 1 amide bonds. The summed E-state index contributed by atoms with van der Waals surface area (Å²) in [6.07, 6.45) is 7.37. The number of anilines is 1. The van der Waals surface area contributed by atoms with E-state index in [2.05, 4.69) is 10.4 Å². The van der Waals surface area contributed by atoms with Gasteiger partial charge in [-0.1, -0.05) is 12.8 Å². The number of rotatable bonds is 5. The molecule has 0 saturated heterocycles. The highest BCUT2D eigenvalue weighted by Crippen LogP contribution is 2.36. The number of aromatic nitrogens is 2. The van der Waals surface area contributed by atoms with Crippen LogP contribution in [-0.4, -0.2) is 33.9 Å². The van der Waals surface area contributed by atoms with Crippen LogP contribution in [0.5, 0.6) is 0 Å². The molecule has 6 heteroatoms. The van der Waals surface area contributed by atoms with Crippen LogP contribution in [0, 0.1) is 5.41 Å². The number of hydrogen-bond donors (Lipinski definition) is 3. The molecule has 1 aliphatic carbocycles. The minimum absolute atomic E-state index is 0.0992. The van der Waals surface area contributed by atoms with E-state index < -0.39 is 0 Å². The van der Waals surface area contributed by atoms with Crippen molar-refractivity contribution in [2.75, 3.05) is 18.9 Å². The highest BCUT2D eigenvalue weighted by atomic mass is 16.3. The fraction of sp³-hybridized carbons (Fsp3) is 0.667. The first kappa shape index (κ1) is 12.9. The first-order chi connectivity index (χ1) is 8.63. The number of carbonyl (C=O) groups is 1. The molecule has 0 spiro atoms. The van der Waals surface area contributed by atoms with Crippen molar-refractivity contribution in [2.45, 2.75) is 32.2 Å². The van der Waals surface area contributed by atoms with Crippen molar-refractivity contribution < 1.29 is 9.90 Å². The van der Waals surface area contributed by atoms with E-state index in [-0.39, 0.29) is 24.5 Å². The minimum Gasteiger partial charge on any atom is -0.396 e. The van der Waals surface area contributed by atoms with Gasteiger partial charge in [-0.05, 0) is 12.8 Å². The second kappa shape index (κ2) is 5.39. The van der Waals surface area contributed by atoms with Crippen molar-refractivity contribution in [3.63, 3.8) is 0 Å². The third kappa shape index (κ3) is 3.01. The van der Waals surface area contributed by atoms with Gasteiger partial charge in [0.05, 0.1) is 18.5 Å². The summed E-state index contributed by atoms with van der Waals surface area (Å²) in [5.41, 5.74) is 5.96. The maximum atomic E-state index is 11.7. The van der Waals surface area contributed by atoms with Gasteiger partial charge in [-0.25, -0.2) is 0 Å². The Morgan fingerprint density at radius 2 is 2.28 bits per heavy atom. The number of carbonyl (C=O) groups excluding carboxylic acids is 1. The average Bonchev–Trinajstić information content (AvgIpc) is 2.97.